The molecule has 6 bridgehead atoms. The van der Waals surface area contributed by atoms with Gasteiger partial charge in [-0.15, -0.1) is 0 Å². The molecule has 2 heterocycles. The third-order valence-corrected chi connectivity index (χ3v) is 13.1. The number of rotatable bonds is 7. The predicted molar refractivity (Wildman–Crippen MR) is 180 cm³/mol. The number of piperidine rings is 1. The number of carbonyl (C=O) groups excluding carboxylic acids is 2. The van der Waals surface area contributed by atoms with Crippen molar-refractivity contribution in [2.75, 3.05) is 26.1 Å². The van der Waals surface area contributed by atoms with E-state index in [0.29, 0.717) is 49.0 Å². The number of carbonyl (C=O) groups is 2. The molecule has 5 aliphatic rings. The van der Waals surface area contributed by atoms with Crippen LogP contribution in [0.25, 0.3) is 0 Å². The van der Waals surface area contributed by atoms with Crippen molar-refractivity contribution in [2.24, 2.45) is 29.4 Å². The molecule has 5 unspecified atom stereocenters. The van der Waals surface area contributed by atoms with E-state index < -0.39 is 40.8 Å². The van der Waals surface area contributed by atoms with Gasteiger partial charge >= 0.3 is 5.97 Å². The van der Waals surface area contributed by atoms with E-state index in [-0.39, 0.29) is 47.4 Å². The fraction of sp³-hybridized carbons (Fsp3) is 0.605. The summed E-state index contributed by atoms with van der Waals surface area (Å²) in [6.07, 6.45) is 2.65. The molecule has 2 aromatic carbocycles. The molecule has 2 aromatic rings. The fourth-order valence-electron chi connectivity index (χ4n) is 11.1. The van der Waals surface area contributed by atoms with Crippen molar-refractivity contribution in [3.05, 3.63) is 65.2 Å². The molecule has 11 nitrogen and oxygen atoms in total. The van der Waals surface area contributed by atoms with Crippen LogP contribution in [0.3, 0.4) is 0 Å². The van der Waals surface area contributed by atoms with E-state index >= 15 is 0 Å². The number of nitriles is 1. The first kappa shape index (κ1) is 34.1. The van der Waals surface area contributed by atoms with Crippen molar-refractivity contribution in [1.29, 1.82) is 5.26 Å². The Morgan fingerprint density at radius 2 is 1.86 bits per heavy atom. The highest BCUT2D eigenvalue weighted by Gasteiger charge is 2.77. The topological polar surface area (TPSA) is 167 Å². The second-order valence-electron chi connectivity index (χ2n) is 15.1. The van der Waals surface area contributed by atoms with Crippen molar-refractivity contribution < 1.29 is 34.0 Å². The molecule has 13 atom stereocenters. The number of hydrogen-bond acceptors (Lipinski definition) is 10. The van der Waals surface area contributed by atoms with Crippen LogP contribution in [-0.4, -0.2) is 94.9 Å². The minimum atomic E-state index is -1.50. The van der Waals surface area contributed by atoms with E-state index in [1.165, 1.54) is 6.07 Å². The third-order valence-electron chi connectivity index (χ3n) is 13.1. The number of para-hydroxylation sites is 1. The zero-order valence-electron chi connectivity index (χ0n) is 28.7. The lowest BCUT2D eigenvalue weighted by atomic mass is 9.60. The van der Waals surface area contributed by atoms with Gasteiger partial charge < -0.3 is 35.5 Å². The van der Waals surface area contributed by atoms with Gasteiger partial charge in [0.15, 0.2) is 0 Å². The first-order chi connectivity index (χ1) is 23.4. The van der Waals surface area contributed by atoms with Crippen LogP contribution in [0.5, 0.6) is 0 Å². The lowest BCUT2D eigenvalue weighted by Crippen LogP contribution is -2.77. The highest BCUT2D eigenvalue weighted by molar-refractivity contribution is 6.08. The molecule has 3 saturated carbocycles. The number of aliphatic hydroxyl groups is 2. The van der Waals surface area contributed by atoms with Gasteiger partial charge in [-0.05, 0) is 88.7 Å². The van der Waals surface area contributed by atoms with Crippen LogP contribution in [0.1, 0.15) is 78.7 Å². The van der Waals surface area contributed by atoms with Gasteiger partial charge in [0.05, 0.1) is 35.1 Å². The number of benzene rings is 2. The molecule has 11 heteroatoms. The number of esters is 1. The van der Waals surface area contributed by atoms with Gasteiger partial charge in [-0.1, -0.05) is 18.2 Å². The Kier molecular flexibility index (Phi) is 8.66. The molecule has 2 saturated heterocycles. The highest BCUT2D eigenvalue weighted by Crippen LogP contribution is 2.65. The number of anilines is 1. The maximum Gasteiger partial charge on any atom is 0.340 e. The van der Waals surface area contributed by atoms with Crippen LogP contribution in [0, 0.1) is 35.0 Å². The molecule has 7 rings (SSSR count). The lowest BCUT2D eigenvalue weighted by Gasteiger charge is -2.61. The Balaban J connectivity index is 1.29. The summed E-state index contributed by atoms with van der Waals surface area (Å²) in [5, 5.41) is 37.8. The van der Waals surface area contributed by atoms with Crippen molar-refractivity contribution in [3.63, 3.8) is 0 Å². The number of amides is 1. The van der Waals surface area contributed by atoms with E-state index in [4.69, 9.17) is 19.9 Å². The summed E-state index contributed by atoms with van der Waals surface area (Å²) >= 11 is 0. The van der Waals surface area contributed by atoms with Gasteiger partial charge in [0.2, 0.25) is 0 Å². The molecule has 262 valence electrons. The molecule has 49 heavy (non-hydrogen) atoms. The molecule has 0 spiro atoms. The molecule has 2 aliphatic heterocycles. The SMILES string of the molecule is CO[C@H]1C[C@]2(O)C3CC(CC4C[C@H]1[C@H](OC)[C@@]42O)[C@@]1(OC(=O)c2ccccc2NC(=O)c2cccc(C#N)c2)C([C@H](C)N)CCCN3[C@H]1C. The zero-order chi connectivity index (χ0) is 34.9. The first-order valence-electron chi connectivity index (χ1n) is 17.6. The maximum atomic E-state index is 14.6. The standard InChI is InChI=1S/C38H48N4O7/c1-21(40)29-12-8-14-42-22(2)37(29,25-16-26-17-28-31(47-3)19-36(45,32(42)18-25)38(26,46)33(28)48-4)49-35(44)27-11-5-6-13-30(27)41-34(43)24-10-7-9-23(15-24)20-39/h5-7,9-11,13,15,21-22,25-26,28-29,31-33,45-46H,8,12,14,16-19,40H2,1-4H3,(H,41,43)/t21-,22-,25?,26?,28+,29?,31-,32?,33-,36-,37+,38-/m0/s1. The molecule has 0 radical (unpaired) electrons. The smallest absolute Gasteiger partial charge is 0.340 e. The minimum absolute atomic E-state index is 0.0781. The number of fused-ring (bicyclic) bond motifs is 8. The lowest BCUT2D eigenvalue weighted by molar-refractivity contribution is -0.281. The van der Waals surface area contributed by atoms with Gasteiger partial charge in [-0.25, -0.2) is 4.79 Å². The van der Waals surface area contributed by atoms with Gasteiger partial charge in [0.1, 0.15) is 16.8 Å². The predicted octanol–water partition coefficient (Wildman–Crippen LogP) is 3.48. The van der Waals surface area contributed by atoms with E-state index in [9.17, 15) is 25.1 Å². The largest absolute Gasteiger partial charge is 0.453 e. The average molecular weight is 673 g/mol. The van der Waals surface area contributed by atoms with Crippen LogP contribution >= 0.6 is 0 Å². The molecular weight excluding hydrogens is 624 g/mol. The quantitative estimate of drug-likeness (QED) is 0.320. The van der Waals surface area contributed by atoms with E-state index in [2.05, 4.69) is 23.2 Å². The summed E-state index contributed by atoms with van der Waals surface area (Å²) < 4.78 is 18.9. The third kappa shape index (κ3) is 4.90. The Morgan fingerprint density at radius 1 is 1.08 bits per heavy atom. The highest BCUT2D eigenvalue weighted by atomic mass is 16.6. The normalized spacial score (nSPS) is 41.1. The van der Waals surface area contributed by atoms with E-state index in [1.807, 2.05) is 6.92 Å². The number of nitrogens with two attached hydrogens (primary N) is 1. The van der Waals surface area contributed by atoms with Gasteiger partial charge in [0.25, 0.3) is 5.91 Å². The van der Waals surface area contributed by atoms with Crippen LogP contribution in [0.2, 0.25) is 0 Å². The monoisotopic (exact) mass is 672 g/mol. The number of hydrogen-bond donors (Lipinski definition) is 4. The molecule has 0 aromatic heterocycles. The Bertz CT molecular complexity index is 1660. The molecule has 1 amide bonds. The van der Waals surface area contributed by atoms with Gasteiger partial charge in [0, 0.05) is 62.1 Å². The van der Waals surface area contributed by atoms with Crippen LogP contribution in [-0.2, 0) is 14.2 Å². The van der Waals surface area contributed by atoms with Crippen LogP contribution in [0.4, 0.5) is 5.69 Å². The fourth-order valence-corrected chi connectivity index (χ4v) is 11.1. The number of nitrogens with one attached hydrogen (secondary N) is 1. The molecular formula is C38H48N4O7. The molecule has 3 aliphatic carbocycles. The summed E-state index contributed by atoms with van der Waals surface area (Å²) in [5.74, 6) is -1.81. The summed E-state index contributed by atoms with van der Waals surface area (Å²) in [6.45, 7) is 4.70. The van der Waals surface area contributed by atoms with Crippen LogP contribution in [0.15, 0.2) is 48.5 Å². The van der Waals surface area contributed by atoms with Crippen LogP contribution < -0.4 is 11.1 Å². The Hall–Kier alpha value is -3.37. The Labute approximate surface area is 287 Å². The van der Waals surface area contributed by atoms with Crippen molar-refractivity contribution in [1.82, 2.24) is 4.90 Å². The molecule has 5 N–H and O–H groups in total. The maximum absolute atomic E-state index is 14.6. The summed E-state index contributed by atoms with van der Waals surface area (Å²) in [6, 6.07) is 14.2. The second kappa shape index (κ2) is 12.4. The van der Waals surface area contributed by atoms with Gasteiger partial charge in [-0.2, -0.15) is 5.26 Å². The minimum Gasteiger partial charge on any atom is -0.453 e. The summed E-state index contributed by atoms with van der Waals surface area (Å²) in [5.41, 5.74) is 3.92. The second-order valence-corrected chi connectivity index (χ2v) is 15.1. The number of ether oxygens (including phenoxy) is 3. The number of nitrogens with zero attached hydrogens (tertiary/aromatic N) is 2. The Morgan fingerprint density at radius 3 is 2.57 bits per heavy atom. The van der Waals surface area contributed by atoms with Gasteiger partial charge in [-0.3, -0.25) is 9.69 Å². The summed E-state index contributed by atoms with van der Waals surface area (Å²) in [7, 11) is 3.27. The van der Waals surface area contributed by atoms with E-state index in [1.54, 1.807) is 56.7 Å². The average Bonchev–Trinajstić information content (AvgIpc) is 3.23. The summed E-state index contributed by atoms with van der Waals surface area (Å²) in [4.78, 5) is 30.1. The van der Waals surface area contributed by atoms with Crippen molar-refractivity contribution >= 4 is 17.6 Å². The molecule has 5 fully saturated rings. The number of methoxy groups -OCH3 is 2. The van der Waals surface area contributed by atoms with E-state index in [0.717, 1.165) is 12.8 Å². The zero-order valence-corrected chi connectivity index (χ0v) is 28.7. The van der Waals surface area contributed by atoms with Crippen molar-refractivity contribution in [3.8, 4) is 6.07 Å². The van der Waals surface area contributed by atoms with Crippen molar-refractivity contribution in [2.45, 2.75) is 99.5 Å². The first-order valence-corrected chi connectivity index (χ1v) is 17.6.